The summed E-state index contributed by atoms with van der Waals surface area (Å²) in [7, 11) is 0. The van der Waals surface area contributed by atoms with Gasteiger partial charge in [0.05, 0.1) is 12.2 Å². The van der Waals surface area contributed by atoms with Gasteiger partial charge in [-0.2, -0.15) is 0 Å². The van der Waals surface area contributed by atoms with Crippen LogP contribution in [0.25, 0.3) is 0 Å². The fourth-order valence-electron chi connectivity index (χ4n) is 3.76. The van der Waals surface area contributed by atoms with E-state index in [0.717, 1.165) is 23.5 Å². The molecule has 1 aromatic heterocycles. The number of nitrogens with one attached hydrogen (secondary N) is 1. The highest BCUT2D eigenvalue weighted by Gasteiger charge is 2.25. The fraction of sp³-hybridized carbons (Fsp3) is 0.737. The minimum atomic E-state index is 0.0886. The molecule has 1 aliphatic heterocycles. The Bertz CT molecular complexity index is 620. The summed E-state index contributed by atoms with van der Waals surface area (Å²) in [6, 6.07) is 0. The smallest absolute Gasteiger partial charge is 0.226 e. The van der Waals surface area contributed by atoms with Gasteiger partial charge in [0, 0.05) is 30.7 Å². The number of aromatic nitrogens is 1. The van der Waals surface area contributed by atoms with Crippen molar-refractivity contribution in [3.63, 3.8) is 0 Å². The SMILES string of the molecule is CC(C)CC(=O)N1CCc2nc(NC(=O)CC3CCCCC3)sc2C1. The number of rotatable bonds is 5. The summed E-state index contributed by atoms with van der Waals surface area (Å²) >= 11 is 1.53. The third-order valence-electron chi connectivity index (χ3n) is 5.11. The van der Waals surface area contributed by atoms with Gasteiger partial charge in [-0.05, 0) is 24.7 Å². The third-order valence-corrected chi connectivity index (χ3v) is 6.11. The molecule has 0 bridgehead atoms. The summed E-state index contributed by atoms with van der Waals surface area (Å²) in [5.74, 6) is 1.22. The molecule has 1 saturated carbocycles. The van der Waals surface area contributed by atoms with Gasteiger partial charge in [0.15, 0.2) is 5.13 Å². The summed E-state index contributed by atoms with van der Waals surface area (Å²) < 4.78 is 0. The van der Waals surface area contributed by atoms with E-state index in [1.807, 2.05) is 4.90 Å². The molecule has 2 aliphatic rings. The Morgan fingerprint density at radius 3 is 2.76 bits per heavy atom. The monoisotopic (exact) mass is 363 g/mol. The number of hydrogen-bond donors (Lipinski definition) is 1. The second-order valence-corrected chi connectivity index (χ2v) is 8.89. The molecule has 0 aromatic carbocycles. The van der Waals surface area contributed by atoms with E-state index in [1.54, 1.807) is 0 Å². The first-order valence-electron chi connectivity index (χ1n) is 9.57. The third kappa shape index (κ3) is 5.03. The molecule has 0 radical (unpaired) electrons. The van der Waals surface area contributed by atoms with Gasteiger partial charge < -0.3 is 10.2 Å². The first kappa shape index (κ1) is 18.4. The summed E-state index contributed by atoms with van der Waals surface area (Å²) in [6.45, 7) is 5.51. The van der Waals surface area contributed by atoms with Gasteiger partial charge in [0.25, 0.3) is 0 Å². The fourth-order valence-corrected chi connectivity index (χ4v) is 4.80. The molecular formula is C19H29N3O2S. The van der Waals surface area contributed by atoms with E-state index in [9.17, 15) is 9.59 Å². The molecule has 1 fully saturated rings. The zero-order valence-electron chi connectivity index (χ0n) is 15.3. The molecule has 138 valence electrons. The van der Waals surface area contributed by atoms with Gasteiger partial charge in [-0.3, -0.25) is 9.59 Å². The lowest BCUT2D eigenvalue weighted by Gasteiger charge is -2.26. The Morgan fingerprint density at radius 1 is 1.28 bits per heavy atom. The lowest BCUT2D eigenvalue weighted by Crippen LogP contribution is -2.36. The number of carbonyl (C=O) groups is 2. The van der Waals surface area contributed by atoms with Crippen LogP contribution in [0.2, 0.25) is 0 Å². The average Bonchev–Trinajstić information content (AvgIpc) is 2.96. The molecule has 25 heavy (non-hydrogen) atoms. The highest BCUT2D eigenvalue weighted by Crippen LogP contribution is 2.30. The number of anilines is 1. The van der Waals surface area contributed by atoms with E-state index in [2.05, 4.69) is 24.1 Å². The van der Waals surface area contributed by atoms with Crippen LogP contribution in [-0.2, 0) is 22.6 Å². The van der Waals surface area contributed by atoms with E-state index < -0.39 is 0 Å². The predicted molar refractivity (Wildman–Crippen MR) is 101 cm³/mol. The van der Waals surface area contributed by atoms with Crippen molar-refractivity contribution in [3.05, 3.63) is 10.6 Å². The van der Waals surface area contributed by atoms with Crippen LogP contribution in [0.4, 0.5) is 5.13 Å². The maximum atomic E-state index is 12.3. The van der Waals surface area contributed by atoms with E-state index >= 15 is 0 Å². The average molecular weight is 364 g/mol. The van der Waals surface area contributed by atoms with Gasteiger partial charge in [-0.15, -0.1) is 0 Å². The molecule has 0 saturated heterocycles. The number of fused-ring (bicyclic) bond motifs is 1. The number of carbonyl (C=O) groups excluding carboxylic acids is 2. The van der Waals surface area contributed by atoms with Crippen molar-refractivity contribution in [2.24, 2.45) is 11.8 Å². The van der Waals surface area contributed by atoms with Crippen molar-refractivity contribution in [2.45, 2.75) is 71.8 Å². The minimum absolute atomic E-state index is 0.0886. The highest BCUT2D eigenvalue weighted by molar-refractivity contribution is 7.15. The molecule has 6 heteroatoms. The zero-order chi connectivity index (χ0) is 17.8. The summed E-state index contributed by atoms with van der Waals surface area (Å²) in [4.78, 5) is 32.2. The van der Waals surface area contributed by atoms with Crippen LogP contribution in [0, 0.1) is 11.8 Å². The van der Waals surface area contributed by atoms with Crippen molar-refractivity contribution in [1.29, 1.82) is 0 Å². The molecule has 2 heterocycles. The molecule has 0 atom stereocenters. The topological polar surface area (TPSA) is 62.3 Å². The van der Waals surface area contributed by atoms with Crippen LogP contribution in [0.15, 0.2) is 0 Å². The molecule has 2 amide bonds. The molecule has 1 aliphatic carbocycles. The number of hydrogen-bond acceptors (Lipinski definition) is 4. The number of thiazole rings is 1. The van der Waals surface area contributed by atoms with Crippen LogP contribution >= 0.6 is 11.3 Å². The molecule has 3 rings (SSSR count). The van der Waals surface area contributed by atoms with Crippen LogP contribution in [0.3, 0.4) is 0 Å². The minimum Gasteiger partial charge on any atom is -0.337 e. The summed E-state index contributed by atoms with van der Waals surface area (Å²) in [5, 5.41) is 3.69. The Kier molecular flexibility index (Phi) is 6.10. The van der Waals surface area contributed by atoms with Crippen LogP contribution in [0.1, 0.15) is 69.4 Å². The van der Waals surface area contributed by atoms with Gasteiger partial charge >= 0.3 is 0 Å². The molecule has 1 N–H and O–H groups in total. The standard InChI is InChI=1S/C19H29N3O2S/c1-13(2)10-18(24)22-9-8-15-16(12-22)25-19(20-15)21-17(23)11-14-6-4-3-5-7-14/h13-14H,3-12H2,1-2H3,(H,20,21,23). The Labute approximate surface area is 154 Å². The van der Waals surface area contributed by atoms with Crippen molar-refractivity contribution in [1.82, 2.24) is 9.88 Å². The lowest BCUT2D eigenvalue weighted by atomic mass is 9.87. The van der Waals surface area contributed by atoms with E-state index in [4.69, 9.17) is 0 Å². The lowest BCUT2D eigenvalue weighted by molar-refractivity contribution is -0.132. The maximum absolute atomic E-state index is 12.3. The van der Waals surface area contributed by atoms with Gasteiger partial charge in [0.2, 0.25) is 11.8 Å². The first-order chi connectivity index (χ1) is 12.0. The predicted octanol–water partition coefficient (Wildman–Crippen LogP) is 3.98. The molecule has 0 unspecified atom stereocenters. The molecule has 5 nitrogen and oxygen atoms in total. The van der Waals surface area contributed by atoms with Crippen molar-refractivity contribution < 1.29 is 9.59 Å². The number of amides is 2. The Balaban J connectivity index is 1.55. The molecule has 0 spiro atoms. The van der Waals surface area contributed by atoms with Gasteiger partial charge in [-0.1, -0.05) is 44.4 Å². The molecule has 1 aromatic rings. The van der Waals surface area contributed by atoms with E-state index in [0.29, 0.717) is 36.4 Å². The Morgan fingerprint density at radius 2 is 2.04 bits per heavy atom. The maximum Gasteiger partial charge on any atom is 0.226 e. The zero-order valence-corrected chi connectivity index (χ0v) is 16.2. The Hall–Kier alpha value is -1.43. The normalized spacial score (nSPS) is 18.3. The van der Waals surface area contributed by atoms with Crippen molar-refractivity contribution in [2.75, 3.05) is 11.9 Å². The first-order valence-corrected chi connectivity index (χ1v) is 10.4. The summed E-state index contributed by atoms with van der Waals surface area (Å²) in [6.07, 6.45) is 8.16. The van der Waals surface area contributed by atoms with Crippen LogP contribution in [0.5, 0.6) is 0 Å². The highest BCUT2D eigenvalue weighted by atomic mass is 32.1. The molecular weight excluding hydrogens is 334 g/mol. The quantitative estimate of drug-likeness (QED) is 0.860. The van der Waals surface area contributed by atoms with Gasteiger partial charge in [0.1, 0.15) is 0 Å². The van der Waals surface area contributed by atoms with Crippen molar-refractivity contribution >= 4 is 28.3 Å². The second kappa shape index (κ2) is 8.30. The largest absolute Gasteiger partial charge is 0.337 e. The van der Waals surface area contributed by atoms with Crippen molar-refractivity contribution in [3.8, 4) is 0 Å². The van der Waals surface area contributed by atoms with Crippen LogP contribution in [-0.4, -0.2) is 28.2 Å². The number of nitrogens with zero attached hydrogens (tertiary/aromatic N) is 2. The van der Waals surface area contributed by atoms with E-state index in [-0.39, 0.29) is 11.8 Å². The van der Waals surface area contributed by atoms with Crippen LogP contribution < -0.4 is 5.32 Å². The summed E-state index contributed by atoms with van der Waals surface area (Å²) in [5.41, 5.74) is 1.05. The van der Waals surface area contributed by atoms with Gasteiger partial charge in [-0.25, -0.2) is 4.98 Å². The second-order valence-electron chi connectivity index (χ2n) is 7.81. The van der Waals surface area contributed by atoms with E-state index in [1.165, 1.54) is 43.4 Å².